The molecule has 3 heteroatoms. The minimum atomic E-state index is 0.910. The normalized spacial score (nSPS) is 14.1. The summed E-state index contributed by atoms with van der Waals surface area (Å²) in [5.41, 5.74) is 3.77. The first-order valence-electron chi connectivity index (χ1n) is 4.54. The Bertz CT molecular complexity index is 525. The smallest absolute Gasteiger partial charge is 0.0473 e. The van der Waals surface area contributed by atoms with Crippen LogP contribution in [0.2, 0.25) is 0 Å². The molecule has 2 N–H and O–H groups in total. The highest BCUT2D eigenvalue weighted by molar-refractivity contribution is 9.10. The van der Waals surface area contributed by atoms with E-state index in [9.17, 15) is 0 Å². The van der Waals surface area contributed by atoms with E-state index in [2.05, 4.69) is 50.5 Å². The van der Waals surface area contributed by atoms with Crippen molar-refractivity contribution in [2.45, 2.75) is 6.54 Å². The molecule has 0 spiro atoms. The summed E-state index contributed by atoms with van der Waals surface area (Å²) in [4.78, 5) is 3.40. The number of hydrogen-bond acceptors (Lipinski definition) is 1. The van der Waals surface area contributed by atoms with E-state index in [4.69, 9.17) is 0 Å². The van der Waals surface area contributed by atoms with E-state index < -0.39 is 0 Å². The molecular weight excluding hydrogens is 240 g/mol. The molecule has 0 bridgehead atoms. The zero-order valence-electron chi connectivity index (χ0n) is 7.47. The summed E-state index contributed by atoms with van der Waals surface area (Å²) in [6.07, 6.45) is 4.06. The zero-order chi connectivity index (χ0) is 9.54. The first-order chi connectivity index (χ1) is 6.84. The fraction of sp³-hybridized carbons (Fsp3) is 0.0909. The maximum atomic E-state index is 3.47. The first-order valence-corrected chi connectivity index (χ1v) is 5.34. The third-order valence-electron chi connectivity index (χ3n) is 2.55. The third-order valence-corrected chi connectivity index (χ3v) is 3.04. The lowest BCUT2D eigenvalue weighted by Crippen LogP contribution is -2.08. The molecule has 2 nitrogen and oxygen atoms in total. The van der Waals surface area contributed by atoms with Crippen molar-refractivity contribution in [2.75, 3.05) is 0 Å². The topological polar surface area (TPSA) is 27.8 Å². The van der Waals surface area contributed by atoms with Crippen molar-refractivity contribution in [3.63, 3.8) is 0 Å². The number of nitrogens with one attached hydrogen (secondary N) is 2. The lowest BCUT2D eigenvalue weighted by molar-refractivity contribution is 0.864. The molecule has 2 heterocycles. The molecule has 14 heavy (non-hydrogen) atoms. The fourth-order valence-electron chi connectivity index (χ4n) is 1.88. The largest absolute Gasteiger partial charge is 0.387 e. The van der Waals surface area contributed by atoms with Gasteiger partial charge in [0.25, 0.3) is 0 Å². The maximum absolute atomic E-state index is 3.47. The van der Waals surface area contributed by atoms with E-state index in [-0.39, 0.29) is 0 Å². The summed E-state index contributed by atoms with van der Waals surface area (Å²) in [5.74, 6) is 0. The number of H-pyrrole nitrogens is 1. The number of aromatic amines is 1. The van der Waals surface area contributed by atoms with Crippen LogP contribution in [0.5, 0.6) is 0 Å². The quantitative estimate of drug-likeness (QED) is 0.738. The van der Waals surface area contributed by atoms with E-state index >= 15 is 0 Å². The van der Waals surface area contributed by atoms with Crippen LogP contribution in [-0.4, -0.2) is 4.98 Å². The molecule has 1 aliphatic rings. The Hall–Kier alpha value is -1.22. The van der Waals surface area contributed by atoms with Crippen LogP contribution in [-0.2, 0) is 6.54 Å². The van der Waals surface area contributed by atoms with Crippen LogP contribution < -0.4 is 5.32 Å². The van der Waals surface area contributed by atoms with Crippen LogP contribution in [0.3, 0.4) is 0 Å². The maximum Gasteiger partial charge on any atom is 0.0473 e. The van der Waals surface area contributed by atoms with E-state index in [1.165, 1.54) is 22.2 Å². The van der Waals surface area contributed by atoms with E-state index in [1.54, 1.807) is 0 Å². The Labute approximate surface area is 90.1 Å². The number of halogens is 1. The van der Waals surface area contributed by atoms with Gasteiger partial charge in [-0.25, -0.2) is 0 Å². The van der Waals surface area contributed by atoms with Gasteiger partial charge in [0.15, 0.2) is 0 Å². The van der Waals surface area contributed by atoms with Gasteiger partial charge in [0.05, 0.1) is 0 Å². The van der Waals surface area contributed by atoms with Crippen LogP contribution in [0.15, 0.2) is 28.9 Å². The van der Waals surface area contributed by atoms with E-state index in [0.29, 0.717) is 0 Å². The Balaban J connectivity index is 2.37. The van der Waals surface area contributed by atoms with Gasteiger partial charge in [-0.05, 0) is 24.4 Å². The molecule has 1 aromatic carbocycles. The first kappa shape index (κ1) is 8.12. The van der Waals surface area contributed by atoms with Crippen LogP contribution in [0, 0.1) is 0 Å². The molecule has 1 aromatic heterocycles. The molecule has 0 saturated heterocycles. The second-order valence-electron chi connectivity index (χ2n) is 3.42. The molecule has 0 amide bonds. The van der Waals surface area contributed by atoms with Gasteiger partial charge in [0.2, 0.25) is 0 Å². The van der Waals surface area contributed by atoms with Gasteiger partial charge in [-0.3, -0.25) is 0 Å². The van der Waals surface area contributed by atoms with Crippen molar-refractivity contribution in [1.29, 1.82) is 0 Å². The molecule has 70 valence electrons. The van der Waals surface area contributed by atoms with Gasteiger partial charge in [0.1, 0.15) is 0 Å². The Morgan fingerprint density at radius 2 is 2.21 bits per heavy atom. The van der Waals surface area contributed by atoms with E-state index in [1.807, 2.05) is 6.20 Å². The molecule has 0 aliphatic carbocycles. The number of benzene rings is 1. The highest BCUT2D eigenvalue weighted by atomic mass is 79.9. The van der Waals surface area contributed by atoms with Gasteiger partial charge in [0, 0.05) is 33.2 Å². The van der Waals surface area contributed by atoms with Crippen molar-refractivity contribution < 1.29 is 0 Å². The van der Waals surface area contributed by atoms with Crippen molar-refractivity contribution in [3.05, 3.63) is 40.1 Å². The van der Waals surface area contributed by atoms with Crippen molar-refractivity contribution in [1.82, 2.24) is 10.3 Å². The summed E-state index contributed by atoms with van der Waals surface area (Å²) in [6, 6.07) is 6.34. The number of fused-ring (bicyclic) bond motifs is 3. The molecule has 1 aliphatic heterocycles. The number of rotatable bonds is 0. The Morgan fingerprint density at radius 3 is 3.14 bits per heavy atom. The summed E-state index contributed by atoms with van der Waals surface area (Å²) in [6.45, 7) is 0.910. The molecule has 0 atom stereocenters. The molecule has 3 rings (SSSR count). The summed E-state index contributed by atoms with van der Waals surface area (Å²) in [5, 5.41) is 4.53. The number of hydrogen-bond donors (Lipinski definition) is 2. The third kappa shape index (κ3) is 1.09. The lowest BCUT2D eigenvalue weighted by atomic mass is 10.1. The molecule has 2 aromatic rings. The average molecular weight is 249 g/mol. The SMILES string of the molecule is Brc1ccc2c3c([nH]c2c1)C=CNC3. The molecule has 0 saturated carbocycles. The number of aromatic nitrogens is 1. The fourth-order valence-corrected chi connectivity index (χ4v) is 2.25. The van der Waals surface area contributed by atoms with Crippen LogP contribution in [0.25, 0.3) is 17.0 Å². The highest BCUT2D eigenvalue weighted by Gasteiger charge is 2.11. The van der Waals surface area contributed by atoms with Crippen molar-refractivity contribution in [2.24, 2.45) is 0 Å². The molecular formula is C11H9BrN2. The van der Waals surface area contributed by atoms with Gasteiger partial charge in [-0.2, -0.15) is 0 Å². The van der Waals surface area contributed by atoms with Crippen LogP contribution >= 0.6 is 15.9 Å². The van der Waals surface area contributed by atoms with Crippen LogP contribution in [0.1, 0.15) is 11.3 Å². The molecule has 0 fully saturated rings. The Kier molecular flexibility index (Phi) is 1.67. The monoisotopic (exact) mass is 248 g/mol. The average Bonchev–Trinajstić information content (AvgIpc) is 2.54. The zero-order valence-corrected chi connectivity index (χ0v) is 9.06. The summed E-state index contributed by atoms with van der Waals surface area (Å²) >= 11 is 3.47. The Morgan fingerprint density at radius 1 is 1.29 bits per heavy atom. The second kappa shape index (κ2) is 2.89. The van der Waals surface area contributed by atoms with Gasteiger partial charge < -0.3 is 10.3 Å². The standard InChI is InChI=1S/C11H9BrN2/c12-7-1-2-8-9-6-13-4-3-10(9)14-11(8)5-7/h1-5,13-14H,6H2. The summed E-state index contributed by atoms with van der Waals surface area (Å²) in [7, 11) is 0. The highest BCUT2D eigenvalue weighted by Crippen LogP contribution is 2.27. The van der Waals surface area contributed by atoms with E-state index in [0.717, 1.165) is 11.0 Å². The lowest BCUT2D eigenvalue weighted by Gasteiger charge is -2.06. The summed E-state index contributed by atoms with van der Waals surface area (Å²) < 4.78 is 1.11. The van der Waals surface area contributed by atoms with Crippen molar-refractivity contribution >= 4 is 32.9 Å². The molecule has 0 unspecified atom stereocenters. The minimum Gasteiger partial charge on any atom is -0.387 e. The second-order valence-corrected chi connectivity index (χ2v) is 4.34. The van der Waals surface area contributed by atoms with Gasteiger partial charge in [-0.1, -0.05) is 22.0 Å². The van der Waals surface area contributed by atoms with Crippen LogP contribution in [0.4, 0.5) is 0 Å². The van der Waals surface area contributed by atoms with Crippen molar-refractivity contribution in [3.8, 4) is 0 Å². The molecule has 0 radical (unpaired) electrons. The van der Waals surface area contributed by atoms with Gasteiger partial charge in [-0.15, -0.1) is 0 Å². The predicted octanol–water partition coefficient (Wildman–Crippen LogP) is 3.00. The predicted molar refractivity (Wildman–Crippen MR) is 61.9 cm³/mol. The van der Waals surface area contributed by atoms with Gasteiger partial charge >= 0.3 is 0 Å². The minimum absolute atomic E-state index is 0.910.